The highest BCUT2D eigenvalue weighted by Gasteiger charge is 2.24. The third kappa shape index (κ3) is 2.93. The molecule has 2 rings (SSSR count). The molecule has 102 valence electrons. The molecule has 3 N–H and O–H groups in total. The van der Waals surface area contributed by atoms with Gasteiger partial charge in [0.2, 0.25) is 0 Å². The van der Waals surface area contributed by atoms with E-state index in [-0.39, 0.29) is 11.8 Å². The number of fused-ring (bicyclic) bond motifs is 1. The number of hydrogen-bond donors (Lipinski definition) is 3. The fraction of sp³-hybridized carbons (Fsp3) is 0.429. The lowest BCUT2D eigenvalue weighted by Crippen LogP contribution is -2.44. The number of nitrogens with one attached hydrogen (secondary N) is 2. The zero-order valence-corrected chi connectivity index (χ0v) is 11.1. The Hall–Kier alpha value is -1.88. The summed E-state index contributed by atoms with van der Waals surface area (Å²) in [5.41, 5.74) is 2.80. The van der Waals surface area contributed by atoms with E-state index in [2.05, 4.69) is 10.6 Å². The van der Waals surface area contributed by atoms with Crippen molar-refractivity contribution in [2.24, 2.45) is 5.92 Å². The first-order chi connectivity index (χ1) is 8.99. The van der Waals surface area contributed by atoms with Crippen LogP contribution >= 0.6 is 0 Å². The molecule has 5 heteroatoms. The lowest BCUT2D eigenvalue weighted by Gasteiger charge is -2.18. The minimum absolute atomic E-state index is 0.155. The van der Waals surface area contributed by atoms with Crippen LogP contribution in [-0.2, 0) is 17.9 Å². The molecule has 1 aromatic carbocycles. The topological polar surface area (TPSA) is 78.4 Å². The number of carbonyl (C=O) groups excluding carboxylic acids is 1. The van der Waals surface area contributed by atoms with E-state index in [0.29, 0.717) is 5.56 Å². The minimum Gasteiger partial charge on any atom is -0.480 e. The Kier molecular flexibility index (Phi) is 3.85. The lowest BCUT2D eigenvalue weighted by atomic mass is 10.0. The van der Waals surface area contributed by atoms with Crippen LogP contribution in [0, 0.1) is 5.92 Å². The van der Waals surface area contributed by atoms with Gasteiger partial charge in [-0.25, -0.2) is 4.79 Å². The molecule has 1 aliphatic heterocycles. The number of aliphatic carboxylic acids is 1. The molecule has 1 aliphatic rings. The molecule has 0 unspecified atom stereocenters. The Morgan fingerprint density at radius 3 is 2.58 bits per heavy atom. The van der Waals surface area contributed by atoms with Gasteiger partial charge in [-0.3, -0.25) is 4.79 Å². The number of carboxylic acid groups (broad SMARTS) is 1. The first-order valence-corrected chi connectivity index (χ1v) is 6.35. The summed E-state index contributed by atoms with van der Waals surface area (Å²) in [5, 5.41) is 14.8. The van der Waals surface area contributed by atoms with Gasteiger partial charge in [-0.05, 0) is 29.2 Å². The van der Waals surface area contributed by atoms with Gasteiger partial charge in [0.25, 0.3) is 5.91 Å². The van der Waals surface area contributed by atoms with Crippen molar-refractivity contribution in [1.29, 1.82) is 0 Å². The molecule has 0 bridgehead atoms. The Morgan fingerprint density at radius 1 is 1.26 bits per heavy atom. The summed E-state index contributed by atoms with van der Waals surface area (Å²) in [6, 6.07) is 4.61. The highest BCUT2D eigenvalue weighted by Crippen LogP contribution is 2.17. The Bertz CT molecular complexity index is 511. The van der Waals surface area contributed by atoms with E-state index in [1.807, 2.05) is 12.1 Å². The van der Waals surface area contributed by atoms with Crippen molar-refractivity contribution in [1.82, 2.24) is 10.6 Å². The summed E-state index contributed by atoms with van der Waals surface area (Å²) in [4.78, 5) is 23.1. The third-order valence-corrected chi connectivity index (χ3v) is 3.32. The van der Waals surface area contributed by atoms with E-state index >= 15 is 0 Å². The molecule has 0 aromatic heterocycles. The maximum absolute atomic E-state index is 12.1. The van der Waals surface area contributed by atoms with Crippen LogP contribution in [0.4, 0.5) is 0 Å². The summed E-state index contributed by atoms with van der Waals surface area (Å²) in [7, 11) is 0. The standard InChI is InChI=1S/C14H18N2O3/c1-8(2)12(14(18)19)16-13(17)9-3-4-10-6-15-7-11(10)5-9/h3-5,8,12,15H,6-7H2,1-2H3,(H,16,17)(H,18,19)/t12-/m0/s1. The number of amides is 1. The second-order valence-corrected chi connectivity index (χ2v) is 5.12. The van der Waals surface area contributed by atoms with Gasteiger partial charge in [0.05, 0.1) is 0 Å². The second kappa shape index (κ2) is 5.40. The van der Waals surface area contributed by atoms with Crippen molar-refractivity contribution in [3.63, 3.8) is 0 Å². The Balaban J connectivity index is 2.13. The molecular formula is C14H18N2O3. The molecule has 1 aromatic rings. The van der Waals surface area contributed by atoms with Gasteiger partial charge in [-0.1, -0.05) is 19.9 Å². The largest absolute Gasteiger partial charge is 0.480 e. The van der Waals surface area contributed by atoms with Crippen LogP contribution in [0.15, 0.2) is 18.2 Å². The van der Waals surface area contributed by atoms with Crippen LogP contribution < -0.4 is 10.6 Å². The van der Waals surface area contributed by atoms with Gasteiger partial charge in [-0.2, -0.15) is 0 Å². The summed E-state index contributed by atoms with van der Waals surface area (Å²) >= 11 is 0. The van der Waals surface area contributed by atoms with Crippen LogP contribution in [0.1, 0.15) is 35.3 Å². The molecule has 19 heavy (non-hydrogen) atoms. The number of benzene rings is 1. The molecule has 0 saturated carbocycles. The number of carbonyl (C=O) groups is 2. The molecule has 0 saturated heterocycles. The molecule has 0 fully saturated rings. The third-order valence-electron chi connectivity index (χ3n) is 3.32. The lowest BCUT2D eigenvalue weighted by molar-refractivity contribution is -0.140. The maximum Gasteiger partial charge on any atom is 0.326 e. The number of carboxylic acids is 1. The van der Waals surface area contributed by atoms with Crippen LogP contribution in [0.25, 0.3) is 0 Å². The van der Waals surface area contributed by atoms with E-state index in [9.17, 15) is 9.59 Å². The molecule has 1 heterocycles. The summed E-state index contributed by atoms with van der Waals surface area (Å²) in [6.45, 7) is 5.11. The van der Waals surface area contributed by atoms with Crippen LogP contribution in [0.5, 0.6) is 0 Å². The van der Waals surface area contributed by atoms with Crippen molar-refractivity contribution in [3.05, 3.63) is 34.9 Å². The average molecular weight is 262 g/mol. The molecule has 1 atom stereocenters. The first kappa shape index (κ1) is 13.5. The maximum atomic E-state index is 12.1. The number of hydrogen-bond acceptors (Lipinski definition) is 3. The monoisotopic (exact) mass is 262 g/mol. The van der Waals surface area contributed by atoms with Crippen molar-refractivity contribution >= 4 is 11.9 Å². The fourth-order valence-corrected chi connectivity index (χ4v) is 2.17. The predicted molar refractivity (Wildman–Crippen MR) is 70.7 cm³/mol. The van der Waals surface area contributed by atoms with Gasteiger partial charge < -0.3 is 15.7 Å². The highest BCUT2D eigenvalue weighted by atomic mass is 16.4. The van der Waals surface area contributed by atoms with Crippen LogP contribution in [0.2, 0.25) is 0 Å². The molecule has 0 aliphatic carbocycles. The van der Waals surface area contributed by atoms with Gasteiger partial charge in [0.15, 0.2) is 0 Å². The quantitative estimate of drug-likeness (QED) is 0.760. The summed E-state index contributed by atoms with van der Waals surface area (Å²) in [6.07, 6.45) is 0. The zero-order valence-electron chi connectivity index (χ0n) is 11.1. The van der Waals surface area contributed by atoms with Gasteiger partial charge in [0, 0.05) is 18.7 Å². The van der Waals surface area contributed by atoms with Crippen molar-refractivity contribution in [3.8, 4) is 0 Å². The van der Waals surface area contributed by atoms with E-state index in [1.165, 1.54) is 5.56 Å². The normalized spacial score (nSPS) is 15.1. The van der Waals surface area contributed by atoms with Crippen molar-refractivity contribution in [2.75, 3.05) is 0 Å². The Morgan fingerprint density at radius 2 is 1.95 bits per heavy atom. The van der Waals surface area contributed by atoms with E-state index in [1.54, 1.807) is 19.9 Å². The van der Waals surface area contributed by atoms with E-state index in [4.69, 9.17) is 5.11 Å². The summed E-state index contributed by atoms with van der Waals surface area (Å²) < 4.78 is 0. The molecule has 1 amide bonds. The van der Waals surface area contributed by atoms with Gasteiger partial charge >= 0.3 is 5.97 Å². The number of rotatable bonds is 4. The molecule has 0 radical (unpaired) electrons. The van der Waals surface area contributed by atoms with Crippen LogP contribution in [0.3, 0.4) is 0 Å². The average Bonchev–Trinajstić information content (AvgIpc) is 2.81. The first-order valence-electron chi connectivity index (χ1n) is 6.35. The van der Waals surface area contributed by atoms with Crippen LogP contribution in [-0.4, -0.2) is 23.0 Å². The van der Waals surface area contributed by atoms with E-state index < -0.39 is 12.0 Å². The van der Waals surface area contributed by atoms with Gasteiger partial charge in [-0.15, -0.1) is 0 Å². The second-order valence-electron chi connectivity index (χ2n) is 5.12. The van der Waals surface area contributed by atoms with Gasteiger partial charge in [0.1, 0.15) is 6.04 Å². The van der Waals surface area contributed by atoms with E-state index in [0.717, 1.165) is 18.7 Å². The summed E-state index contributed by atoms with van der Waals surface area (Å²) in [5.74, 6) is -1.50. The zero-order chi connectivity index (χ0) is 14.0. The minimum atomic E-state index is -1.01. The predicted octanol–water partition coefficient (Wildman–Crippen LogP) is 1.13. The molecular weight excluding hydrogens is 244 g/mol. The molecule has 0 spiro atoms. The fourth-order valence-electron chi connectivity index (χ4n) is 2.17. The smallest absolute Gasteiger partial charge is 0.326 e. The molecule has 5 nitrogen and oxygen atoms in total. The van der Waals surface area contributed by atoms with Crippen molar-refractivity contribution < 1.29 is 14.7 Å². The highest BCUT2D eigenvalue weighted by molar-refractivity contribution is 5.96. The Labute approximate surface area is 112 Å². The van der Waals surface area contributed by atoms with Crippen molar-refractivity contribution in [2.45, 2.75) is 33.0 Å². The SMILES string of the molecule is CC(C)[C@H](NC(=O)c1ccc2c(c1)CNC2)C(=O)O.